The molecule has 1 heterocycles. The summed E-state index contributed by atoms with van der Waals surface area (Å²) in [6.07, 6.45) is 2.87. The van der Waals surface area contributed by atoms with E-state index >= 15 is 0 Å². The summed E-state index contributed by atoms with van der Waals surface area (Å²) in [4.78, 5) is 0. The molecule has 3 unspecified atom stereocenters. The van der Waals surface area contributed by atoms with Crippen LogP contribution in [0.15, 0.2) is 0 Å². The third-order valence-corrected chi connectivity index (χ3v) is 25.3. The van der Waals surface area contributed by atoms with Crippen molar-refractivity contribution in [3.05, 3.63) is 0 Å². The fraction of sp³-hybridized carbons (Fsp3) is 1.00. The molecule has 4 heteroatoms. The van der Waals surface area contributed by atoms with E-state index < -0.39 is 0 Å². The first-order valence-corrected chi connectivity index (χ1v) is 11.9. The molecule has 0 N–H and O–H groups in total. The maximum atomic E-state index is 3.80. The molecular weight excluding hydrogens is 288 g/mol. The minimum Gasteiger partial charge on any atom is -0.130 e. The van der Waals surface area contributed by atoms with Crippen molar-refractivity contribution < 1.29 is 0 Å². The lowest BCUT2D eigenvalue weighted by Crippen LogP contribution is -2.50. The highest BCUT2D eigenvalue weighted by Crippen LogP contribution is 2.33. The van der Waals surface area contributed by atoms with Crippen LogP contribution >= 0.6 is 31.2 Å². The topological polar surface area (TPSA) is 0 Å². The predicted molar refractivity (Wildman–Crippen MR) is 60.5 cm³/mol. The maximum absolute atomic E-state index is 3.80. The Hall–Kier alpha value is 1.39. The van der Waals surface area contributed by atoms with Crippen LogP contribution in [0, 0.1) is 0 Å². The van der Waals surface area contributed by atoms with Crippen molar-refractivity contribution in [3.63, 3.8) is 0 Å². The highest BCUT2D eigenvalue weighted by Gasteiger charge is 2.38. The standard InChI is InChI=1S/C6H14Br2Si2/c1-2-3-4-9-5-10(8)6(9)7/h6,9-10H,2-5H2,1H3. The van der Waals surface area contributed by atoms with Crippen molar-refractivity contribution in [1.29, 1.82) is 0 Å². The summed E-state index contributed by atoms with van der Waals surface area (Å²) in [7, 11) is -0.612. The lowest BCUT2D eigenvalue weighted by atomic mass is 10.4. The van der Waals surface area contributed by atoms with Gasteiger partial charge in [-0.2, -0.15) is 0 Å². The predicted octanol–water partition coefficient (Wildman–Crippen LogP) is 2.53. The van der Waals surface area contributed by atoms with Crippen molar-refractivity contribution in [2.75, 3.05) is 0 Å². The molecule has 0 aliphatic carbocycles. The fourth-order valence-electron chi connectivity index (χ4n) is 1.39. The van der Waals surface area contributed by atoms with Crippen molar-refractivity contribution >= 4 is 47.4 Å². The van der Waals surface area contributed by atoms with Crippen LogP contribution in [0.25, 0.3) is 0 Å². The van der Waals surface area contributed by atoms with Crippen molar-refractivity contribution in [2.45, 2.75) is 35.6 Å². The van der Waals surface area contributed by atoms with Gasteiger partial charge in [0.2, 0.25) is 0 Å². The summed E-state index contributed by atoms with van der Waals surface area (Å²) in [5.74, 6) is 0. The second-order valence-corrected chi connectivity index (χ2v) is 16.9. The van der Waals surface area contributed by atoms with Crippen LogP contribution in [0.3, 0.4) is 0 Å². The van der Waals surface area contributed by atoms with Crippen molar-refractivity contribution in [1.82, 2.24) is 0 Å². The van der Waals surface area contributed by atoms with E-state index in [1.165, 1.54) is 12.8 Å². The van der Waals surface area contributed by atoms with Crippen LogP contribution in [0.2, 0.25) is 11.7 Å². The highest BCUT2D eigenvalue weighted by atomic mass is 79.9. The Kier molecular flexibility index (Phi) is 4.20. The van der Waals surface area contributed by atoms with Crippen LogP contribution in [0.1, 0.15) is 19.8 Å². The summed E-state index contributed by atoms with van der Waals surface area (Å²) in [6, 6.07) is 1.58. The number of hydrogen-bond donors (Lipinski definition) is 0. The monoisotopic (exact) mass is 300 g/mol. The average Bonchev–Trinajstić information content (AvgIpc) is 1.97. The number of alkyl halides is 1. The van der Waals surface area contributed by atoms with E-state index in [0.717, 1.165) is 4.07 Å². The molecule has 0 aromatic rings. The lowest BCUT2D eigenvalue weighted by molar-refractivity contribution is 0.871. The molecule has 0 aromatic heterocycles. The minimum absolute atomic E-state index is 0.239. The third-order valence-electron chi connectivity index (χ3n) is 2.25. The zero-order valence-corrected chi connectivity index (χ0v) is 11.8. The van der Waals surface area contributed by atoms with E-state index in [-0.39, 0.29) is 16.2 Å². The fourth-order valence-corrected chi connectivity index (χ4v) is 22.2. The molecule has 1 aliphatic rings. The summed E-state index contributed by atoms with van der Waals surface area (Å²) in [5, 5.41) is 0. The molecular formula is C6H14Br2Si2. The highest BCUT2D eigenvalue weighted by molar-refractivity contribution is 9.26. The first-order chi connectivity index (χ1) is 4.75. The van der Waals surface area contributed by atoms with Crippen molar-refractivity contribution in [2.24, 2.45) is 0 Å². The number of hydrogen-bond acceptors (Lipinski definition) is 0. The summed E-state index contributed by atoms with van der Waals surface area (Å²) in [6.45, 7) is 2.29. The van der Waals surface area contributed by atoms with Gasteiger partial charge in [0, 0.05) is 12.9 Å². The molecule has 0 nitrogen and oxygen atoms in total. The molecule has 60 valence electrons. The van der Waals surface area contributed by atoms with E-state index in [1.54, 1.807) is 11.7 Å². The first-order valence-electron chi connectivity index (χ1n) is 4.03. The van der Waals surface area contributed by atoms with E-state index in [1.807, 2.05) is 0 Å². The molecule has 1 saturated heterocycles. The van der Waals surface area contributed by atoms with Crippen LogP contribution < -0.4 is 0 Å². The van der Waals surface area contributed by atoms with Gasteiger partial charge in [0.05, 0.1) is 0 Å². The van der Waals surface area contributed by atoms with Gasteiger partial charge in [0.1, 0.15) is 7.42 Å². The zero-order chi connectivity index (χ0) is 7.56. The van der Waals surface area contributed by atoms with Gasteiger partial charge in [-0.15, -0.1) is 15.3 Å². The van der Waals surface area contributed by atoms with Gasteiger partial charge >= 0.3 is 0 Å². The Morgan fingerprint density at radius 2 is 2.30 bits per heavy atom. The van der Waals surface area contributed by atoms with Crippen LogP contribution in [-0.4, -0.2) is 20.3 Å². The second-order valence-electron chi connectivity index (χ2n) is 3.10. The SMILES string of the molecule is CCCC[SiH]1C[SiH](Br)C1Br. The molecule has 0 spiro atoms. The van der Waals surface area contributed by atoms with Gasteiger partial charge < -0.3 is 0 Å². The van der Waals surface area contributed by atoms with Gasteiger partial charge in [-0.05, 0) is 0 Å². The smallest absolute Gasteiger partial charge is 0.122 e. The third kappa shape index (κ3) is 2.19. The Morgan fingerprint density at radius 1 is 1.60 bits per heavy atom. The summed E-state index contributed by atoms with van der Waals surface area (Å²) < 4.78 is 1.03. The first kappa shape index (κ1) is 9.48. The number of rotatable bonds is 3. The van der Waals surface area contributed by atoms with Crippen molar-refractivity contribution in [3.8, 4) is 0 Å². The van der Waals surface area contributed by atoms with E-state index in [0.29, 0.717) is 0 Å². The molecule has 0 amide bonds. The lowest BCUT2D eigenvalue weighted by Gasteiger charge is -2.35. The largest absolute Gasteiger partial charge is 0.130 e. The quantitative estimate of drug-likeness (QED) is 0.427. The molecule has 0 radical (unpaired) electrons. The second kappa shape index (κ2) is 4.43. The number of unbranched alkanes of at least 4 members (excludes halogenated alkanes) is 1. The molecule has 3 atom stereocenters. The van der Waals surface area contributed by atoms with Gasteiger partial charge in [-0.3, -0.25) is 0 Å². The zero-order valence-electron chi connectivity index (χ0n) is 6.32. The van der Waals surface area contributed by atoms with Gasteiger partial charge in [0.15, 0.2) is 0 Å². The summed E-state index contributed by atoms with van der Waals surface area (Å²) in [5.41, 5.74) is 1.65. The normalized spacial score (nSPS) is 39.3. The Bertz CT molecular complexity index is 110. The van der Waals surface area contributed by atoms with Gasteiger partial charge in [0.25, 0.3) is 0 Å². The van der Waals surface area contributed by atoms with E-state index in [4.69, 9.17) is 0 Å². The van der Waals surface area contributed by atoms with Gasteiger partial charge in [-0.25, -0.2) is 0 Å². The molecule has 1 rings (SSSR count). The van der Waals surface area contributed by atoms with E-state index in [9.17, 15) is 0 Å². The van der Waals surface area contributed by atoms with Crippen LogP contribution in [0.5, 0.6) is 0 Å². The molecule has 10 heavy (non-hydrogen) atoms. The summed E-state index contributed by atoms with van der Waals surface area (Å²) >= 11 is 7.58. The molecule has 0 saturated carbocycles. The van der Waals surface area contributed by atoms with Crippen LogP contribution in [-0.2, 0) is 0 Å². The Labute approximate surface area is 82.7 Å². The Morgan fingerprint density at radius 3 is 2.70 bits per heavy atom. The molecule has 1 aliphatic heterocycles. The van der Waals surface area contributed by atoms with E-state index in [2.05, 4.69) is 38.1 Å². The Balaban J connectivity index is 2.08. The molecule has 0 bridgehead atoms. The molecule has 0 aromatic carbocycles. The van der Waals surface area contributed by atoms with Gasteiger partial charge in [-0.1, -0.05) is 47.4 Å². The average molecular weight is 302 g/mol. The maximum Gasteiger partial charge on any atom is 0.122 e. The molecule has 1 fully saturated rings. The van der Waals surface area contributed by atoms with Crippen LogP contribution in [0.4, 0.5) is 0 Å². The minimum atomic E-state index is -0.373. The number of halogens is 2.